The van der Waals surface area contributed by atoms with E-state index in [-0.39, 0.29) is 5.75 Å². The number of hydrogen-bond donors (Lipinski definition) is 1. The molecule has 18 heavy (non-hydrogen) atoms. The molecule has 1 fully saturated rings. The van der Waals surface area contributed by atoms with Crippen molar-refractivity contribution in [2.45, 2.75) is 24.5 Å². The van der Waals surface area contributed by atoms with E-state index in [9.17, 15) is 8.42 Å². The highest BCUT2D eigenvalue weighted by atomic mass is 32.2. The van der Waals surface area contributed by atoms with Crippen molar-refractivity contribution in [3.63, 3.8) is 0 Å². The maximum Gasteiger partial charge on any atom is 0.160 e. The second-order valence-electron chi connectivity index (χ2n) is 4.72. The maximum atomic E-state index is 12.1. The molecule has 0 amide bonds. The van der Waals surface area contributed by atoms with Gasteiger partial charge in [0.2, 0.25) is 0 Å². The fourth-order valence-corrected chi connectivity index (χ4v) is 4.43. The molecule has 0 spiro atoms. The lowest BCUT2D eigenvalue weighted by molar-refractivity contribution is 0.538. The van der Waals surface area contributed by atoms with Crippen molar-refractivity contribution < 1.29 is 8.42 Å². The van der Waals surface area contributed by atoms with Crippen LogP contribution in [0.4, 0.5) is 5.69 Å². The van der Waals surface area contributed by atoms with Gasteiger partial charge in [0, 0.05) is 11.9 Å². The van der Waals surface area contributed by atoms with Crippen LogP contribution < -0.4 is 5.73 Å². The van der Waals surface area contributed by atoms with Crippen LogP contribution in [0.3, 0.4) is 0 Å². The van der Waals surface area contributed by atoms with Crippen molar-refractivity contribution >= 4 is 21.0 Å². The smallest absolute Gasteiger partial charge is 0.160 e. The number of nitrogens with zero attached hydrogens (tertiary/aromatic N) is 2. The number of nitrogen functional groups attached to an aromatic ring is 1. The number of fused-ring (bicyclic) bond motifs is 1. The SMILES string of the molecule is Nc1ccn2c(C3CCCCS3(=O)=O)ncc2c1. The monoisotopic (exact) mass is 265 g/mol. The molecule has 1 aliphatic heterocycles. The zero-order valence-corrected chi connectivity index (χ0v) is 10.7. The summed E-state index contributed by atoms with van der Waals surface area (Å²) in [6.45, 7) is 0. The maximum absolute atomic E-state index is 12.1. The number of hydrogen-bond acceptors (Lipinski definition) is 4. The van der Waals surface area contributed by atoms with E-state index in [1.807, 2.05) is 4.40 Å². The molecule has 0 aliphatic carbocycles. The van der Waals surface area contributed by atoms with Gasteiger partial charge in [-0.3, -0.25) is 0 Å². The predicted octanol–water partition coefficient (Wildman–Crippen LogP) is 1.56. The summed E-state index contributed by atoms with van der Waals surface area (Å²) in [5.41, 5.74) is 7.20. The predicted molar refractivity (Wildman–Crippen MR) is 70.0 cm³/mol. The van der Waals surface area contributed by atoms with Gasteiger partial charge < -0.3 is 10.1 Å². The van der Waals surface area contributed by atoms with Crippen LogP contribution in [0.2, 0.25) is 0 Å². The normalized spacial score (nSPS) is 23.2. The summed E-state index contributed by atoms with van der Waals surface area (Å²) in [5.74, 6) is 0.881. The number of nitrogens with two attached hydrogens (primary N) is 1. The van der Waals surface area contributed by atoms with Gasteiger partial charge in [-0.25, -0.2) is 13.4 Å². The molecule has 1 unspecified atom stereocenters. The van der Waals surface area contributed by atoms with E-state index in [2.05, 4.69) is 4.98 Å². The van der Waals surface area contributed by atoms with E-state index >= 15 is 0 Å². The first-order valence-corrected chi connectivity index (χ1v) is 7.73. The molecule has 3 rings (SSSR count). The number of imidazole rings is 1. The number of aromatic nitrogens is 2. The third kappa shape index (κ3) is 1.77. The quantitative estimate of drug-likeness (QED) is 0.848. The van der Waals surface area contributed by atoms with Crippen LogP contribution in [0.15, 0.2) is 24.5 Å². The Hall–Kier alpha value is -1.56. The minimum absolute atomic E-state index is 0.265. The zero-order chi connectivity index (χ0) is 12.8. The van der Waals surface area contributed by atoms with Crippen LogP contribution in [-0.2, 0) is 9.84 Å². The summed E-state index contributed by atoms with van der Waals surface area (Å²) in [7, 11) is -3.06. The van der Waals surface area contributed by atoms with Crippen molar-refractivity contribution in [3.8, 4) is 0 Å². The lowest BCUT2D eigenvalue weighted by atomic mass is 10.2. The number of rotatable bonds is 1. The van der Waals surface area contributed by atoms with Crippen molar-refractivity contribution in [2.75, 3.05) is 11.5 Å². The van der Waals surface area contributed by atoms with Crippen LogP contribution in [0.1, 0.15) is 30.3 Å². The van der Waals surface area contributed by atoms with E-state index in [1.165, 1.54) is 0 Å². The molecule has 0 bridgehead atoms. The summed E-state index contributed by atoms with van der Waals surface area (Å²) in [6, 6.07) is 3.56. The molecular weight excluding hydrogens is 250 g/mol. The molecule has 1 saturated heterocycles. The Balaban J connectivity index is 2.14. The molecule has 2 aromatic rings. The summed E-state index contributed by atoms with van der Waals surface area (Å²) in [6.07, 6.45) is 5.82. The van der Waals surface area contributed by atoms with E-state index in [0.717, 1.165) is 18.4 Å². The second-order valence-corrected chi connectivity index (χ2v) is 7.03. The van der Waals surface area contributed by atoms with Gasteiger partial charge >= 0.3 is 0 Å². The van der Waals surface area contributed by atoms with Gasteiger partial charge in [0.1, 0.15) is 11.1 Å². The van der Waals surface area contributed by atoms with Crippen molar-refractivity contribution in [1.82, 2.24) is 9.38 Å². The Labute approximate surface area is 106 Å². The fourth-order valence-electron chi connectivity index (χ4n) is 2.52. The van der Waals surface area contributed by atoms with Crippen LogP contribution in [0, 0.1) is 0 Å². The number of pyridine rings is 1. The standard InChI is InChI=1S/C12H15N3O2S/c13-9-4-5-15-10(7-9)8-14-12(15)11-3-1-2-6-18(11,16)17/h4-5,7-8,11H,1-3,6,13H2. The molecule has 1 aliphatic rings. The second kappa shape index (κ2) is 3.98. The van der Waals surface area contributed by atoms with Crippen LogP contribution in [-0.4, -0.2) is 23.6 Å². The summed E-state index contributed by atoms with van der Waals surface area (Å²) in [4.78, 5) is 4.28. The topological polar surface area (TPSA) is 77.5 Å². The van der Waals surface area contributed by atoms with Gasteiger partial charge in [0.05, 0.1) is 17.5 Å². The molecule has 0 radical (unpaired) electrons. The molecule has 0 aromatic carbocycles. The average molecular weight is 265 g/mol. The summed E-state index contributed by atoms with van der Waals surface area (Å²) in [5, 5.41) is -0.475. The number of anilines is 1. The van der Waals surface area contributed by atoms with Crippen molar-refractivity contribution in [1.29, 1.82) is 0 Å². The lowest BCUT2D eigenvalue weighted by Gasteiger charge is -2.21. The summed E-state index contributed by atoms with van der Waals surface area (Å²) >= 11 is 0. The van der Waals surface area contributed by atoms with Crippen molar-refractivity contribution in [3.05, 3.63) is 30.4 Å². The molecule has 1 atom stereocenters. The molecular formula is C12H15N3O2S. The fraction of sp³-hybridized carbons (Fsp3) is 0.417. The van der Waals surface area contributed by atoms with Crippen LogP contribution in [0.25, 0.3) is 5.52 Å². The van der Waals surface area contributed by atoms with Crippen LogP contribution >= 0.6 is 0 Å². The Morgan fingerprint density at radius 2 is 2.22 bits per heavy atom. The van der Waals surface area contributed by atoms with E-state index in [1.54, 1.807) is 24.5 Å². The lowest BCUT2D eigenvalue weighted by Crippen LogP contribution is -2.23. The Bertz CT molecular complexity index is 690. The largest absolute Gasteiger partial charge is 0.399 e. The Kier molecular flexibility index (Phi) is 2.55. The first kappa shape index (κ1) is 11.5. The minimum atomic E-state index is -3.06. The molecule has 3 heterocycles. The Morgan fingerprint density at radius 3 is 3.00 bits per heavy atom. The summed E-state index contributed by atoms with van der Waals surface area (Å²) < 4.78 is 26.0. The van der Waals surface area contributed by atoms with Gasteiger partial charge in [-0.2, -0.15) is 0 Å². The third-order valence-corrected chi connectivity index (χ3v) is 5.62. The van der Waals surface area contributed by atoms with Gasteiger partial charge in [-0.1, -0.05) is 6.42 Å². The third-order valence-electron chi connectivity index (χ3n) is 3.45. The molecule has 2 aromatic heterocycles. The van der Waals surface area contributed by atoms with Gasteiger partial charge in [0.25, 0.3) is 0 Å². The van der Waals surface area contributed by atoms with Gasteiger partial charge in [0.15, 0.2) is 9.84 Å². The van der Waals surface area contributed by atoms with E-state index < -0.39 is 15.1 Å². The molecule has 6 heteroatoms. The first-order chi connectivity index (χ1) is 8.58. The first-order valence-electron chi connectivity index (χ1n) is 6.02. The molecule has 5 nitrogen and oxygen atoms in total. The highest BCUT2D eigenvalue weighted by molar-refractivity contribution is 7.91. The van der Waals surface area contributed by atoms with E-state index in [0.29, 0.717) is 17.9 Å². The highest BCUT2D eigenvalue weighted by Crippen LogP contribution is 2.33. The van der Waals surface area contributed by atoms with Gasteiger partial charge in [-0.15, -0.1) is 0 Å². The average Bonchev–Trinajstić information content (AvgIpc) is 2.71. The molecule has 0 saturated carbocycles. The molecule has 2 N–H and O–H groups in total. The van der Waals surface area contributed by atoms with Crippen LogP contribution in [0.5, 0.6) is 0 Å². The number of sulfone groups is 1. The zero-order valence-electron chi connectivity index (χ0n) is 9.91. The van der Waals surface area contributed by atoms with E-state index in [4.69, 9.17) is 5.73 Å². The van der Waals surface area contributed by atoms with Crippen molar-refractivity contribution in [2.24, 2.45) is 0 Å². The highest BCUT2D eigenvalue weighted by Gasteiger charge is 2.33. The molecule has 96 valence electrons. The van der Waals surface area contributed by atoms with Gasteiger partial charge in [-0.05, 0) is 25.0 Å². The minimum Gasteiger partial charge on any atom is -0.399 e. The Morgan fingerprint density at radius 1 is 1.39 bits per heavy atom.